The number of aliphatic carboxylic acids is 1. The zero-order chi connectivity index (χ0) is 14.3. The number of esters is 1. The van der Waals surface area contributed by atoms with Gasteiger partial charge in [-0.25, -0.2) is 9.59 Å². The molecule has 0 saturated heterocycles. The predicted octanol–water partition coefficient (Wildman–Crippen LogP) is 1.54. The van der Waals surface area contributed by atoms with Gasteiger partial charge in [-0.1, -0.05) is 30.3 Å². The summed E-state index contributed by atoms with van der Waals surface area (Å²) < 4.78 is 5.03. The van der Waals surface area contributed by atoms with E-state index >= 15 is 0 Å². The number of nitrogens with one attached hydrogen (secondary N) is 1. The molecule has 0 radical (unpaired) electrons. The molecule has 2 heterocycles. The lowest BCUT2D eigenvalue weighted by Gasteiger charge is -2.26. The molecule has 2 N–H and O–H groups in total. The minimum atomic E-state index is -1.03. The van der Waals surface area contributed by atoms with Crippen molar-refractivity contribution in [2.75, 3.05) is 6.61 Å². The first-order valence-corrected chi connectivity index (χ1v) is 6.25. The van der Waals surface area contributed by atoms with E-state index in [1.54, 1.807) is 6.92 Å². The average Bonchev–Trinajstić information content (AvgIpc) is 2.79. The fraction of sp³-hybridized carbons (Fsp3) is 0.200. The molecule has 5 heteroatoms. The molecule has 1 aromatic carbocycles. The van der Waals surface area contributed by atoms with Crippen molar-refractivity contribution in [1.82, 2.24) is 5.32 Å². The van der Waals surface area contributed by atoms with Gasteiger partial charge in [0.1, 0.15) is 6.61 Å². The highest BCUT2D eigenvalue weighted by molar-refractivity contribution is 6.00. The summed E-state index contributed by atoms with van der Waals surface area (Å²) in [5, 5.41) is 12.4. The van der Waals surface area contributed by atoms with E-state index in [2.05, 4.69) is 5.32 Å². The summed E-state index contributed by atoms with van der Waals surface area (Å²) in [4.78, 5) is 23.5. The highest BCUT2D eigenvalue weighted by Crippen LogP contribution is 2.40. The van der Waals surface area contributed by atoms with E-state index in [-0.39, 0.29) is 12.2 Å². The van der Waals surface area contributed by atoms with Crippen LogP contribution in [0.15, 0.2) is 52.9 Å². The molecule has 0 fully saturated rings. The summed E-state index contributed by atoms with van der Waals surface area (Å²) in [5.41, 5.74) is 2.57. The van der Waals surface area contributed by atoms with Crippen LogP contribution in [0.2, 0.25) is 0 Å². The van der Waals surface area contributed by atoms with Gasteiger partial charge in [-0.2, -0.15) is 0 Å². The van der Waals surface area contributed by atoms with Crippen LogP contribution in [0.3, 0.4) is 0 Å². The second-order valence-corrected chi connectivity index (χ2v) is 4.78. The predicted molar refractivity (Wildman–Crippen MR) is 70.6 cm³/mol. The highest BCUT2D eigenvalue weighted by Gasteiger charge is 2.41. The molecule has 20 heavy (non-hydrogen) atoms. The Hall–Kier alpha value is -2.56. The Kier molecular flexibility index (Phi) is 2.82. The monoisotopic (exact) mass is 271 g/mol. The topological polar surface area (TPSA) is 75.6 Å². The fourth-order valence-electron chi connectivity index (χ4n) is 2.73. The lowest BCUT2D eigenvalue weighted by atomic mass is 9.81. The van der Waals surface area contributed by atoms with E-state index in [0.29, 0.717) is 17.0 Å². The number of carbonyl (C=O) groups is 2. The third-order valence-electron chi connectivity index (χ3n) is 3.58. The first kappa shape index (κ1) is 12.5. The van der Waals surface area contributed by atoms with Crippen LogP contribution in [0, 0.1) is 0 Å². The molecule has 0 aromatic heterocycles. The summed E-state index contributed by atoms with van der Waals surface area (Å²) in [6.07, 6.45) is 0. The van der Waals surface area contributed by atoms with Gasteiger partial charge in [0.15, 0.2) is 0 Å². The van der Waals surface area contributed by atoms with E-state index in [4.69, 9.17) is 4.74 Å². The smallest absolute Gasteiger partial charge is 0.337 e. The second-order valence-electron chi connectivity index (χ2n) is 4.78. The van der Waals surface area contributed by atoms with E-state index in [1.807, 2.05) is 30.3 Å². The van der Waals surface area contributed by atoms with Crippen molar-refractivity contribution in [3.8, 4) is 0 Å². The summed E-state index contributed by atoms with van der Waals surface area (Å²) in [6, 6.07) is 9.15. The van der Waals surface area contributed by atoms with Crippen molar-refractivity contribution in [2.24, 2.45) is 0 Å². The molecule has 0 amide bonds. The Morgan fingerprint density at radius 2 is 2.05 bits per heavy atom. The Balaban J connectivity index is 2.19. The van der Waals surface area contributed by atoms with E-state index in [9.17, 15) is 14.7 Å². The molecule has 0 aliphatic carbocycles. The number of dihydropyridines is 1. The Morgan fingerprint density at radius 3 is 2.70 bits per heavy atom. The number of carboxylic acids is 1. The maximum atomic E-state index is 11.9. The van der Waals surface area contributed by atoms with Crippen LogP contribution in [0.1, 0.15) is 18.4 Å². The third-order valence-corrected chi connectivity index (χ3v) is 3.58. The van der Waals surface area contributed by atoms with Crippen LogP contribution < -0.4 is 5.32 Å². The van der Waals surface area contributed by atoms with E-state index < -0.39 is 17.9 Å². The third kappa shape index (κ3) is 1.79. The van der Waals surface area contributed by atoms with Crippen LogP contribution in [0.5, 0.6) is 0 Å². The van der Waals surface area contributed by atoms with Crippen LogP contribution in [0.4, 0.5) is 0 Å². The number of cyclic esters (lactones) is 1. The summed E-state index contributed by atoms with van der Waals surface area (Å²) in [7, 11) is 0. The standard InChI is InChI=1S/C15H13NO4/c1-8-11(14(17)18)12(9-5-3-2-4-6-9)13-10(16-8)7-20-15(13)19/h2-6,12,16H,7H2,1H3,(H,17,18). The van der Waals surface area contributed by atoms with Gasteiger partial charge in [0.25, 0.3) is 0 Å². The average molecular weight is 271 g/mol. The summed E-state index contributed by atoms with van der Waals surface area (Å²) in [6.45, 7) is 1.87. The summed E-state index contributed by atoms with van der Waals surface area (Å²) >= 11 is 0. The molecule has 3 rings (SSSR count). The molecule has 0 bridgehead atoms. The highest BCUT2D eigenvalue weighted by atomic mass is 16.5. The van der Waals surface area contributed by atoms with E-state index in [0.717, 1.165) is 5.56 Å². The van der Waals surface area contributed by atoms with Crippen LogP contribution in [0.25, 0.3) is 0 Å². The Bertz CT molecular complexity index is 656. The van der Waals surface area contributed by atoms with Crippen LogP contribution in [-0.2, 0) is 14.3 Å². The van der Waals surface area contributed by atoms with Gasteiger partial charge in [0.2, 0.25) is 0 Å². The lowest BCUT2D eigenvalue weighted by Crippen LogP contribution is -2.29. The Morgan fingerprint density at radius 1 is 1.35 bits per heavy atom. The van der Waals surface area contributed by atoms with Gasteiger partial charge in [-0.3, -0.25) is 0 Å². The molecule has 0 spiro atoms. The first-order chi connectivity index (χ1) is 9.59. The maximum absolute atomic E-state index is 11.9. The van der Waals surface area contributed by atoms with Crippen molar-refractivity contribution in [3.63, 3.8) is 0 Å². The number of rotatable bonds is 2. The van der Waals surface area contributed by atoms with Gasteiger partial charge in [0.05, 0.1) is 22.8 Å². The molecule has 0 saturated carbocycles. The van der Waals surface area contributed by atoms with Gasteiger partial charge in [-0.15, -0.1) is 0 Å². The molecular formula is C15H13NO4. The van der Waals surface area contributed by atoms with E-state index in [1.165, 1.54) is 0 Å². The number of benzene rings is 1. The Labute approximate surface area is 115 Å². The van der Waals surface area contributed by atoms with Crippen molar-refractivity contribution >= 4 is 11.9 Å². The normalized spacial score (nSPS) is 21.4. The molecule has 1 unspecified atom stereocenters. The van der Waals surface area contributed by atoms with Crippen LogP contribution >= 0.6 is 0 Å². The van der Waals surface area contributed by atoms with Crippen LogP contribution in [-0.4, -0.2) is 23.7 Å². The number of hydrogen-bond acceptors (Lipinski definition) is 4. The number of allylic oxidation sites excluding steroid dienone is 1. The summed E-state index contributed by atoms with van der Waals surface area (Å²) in [5.74, 6) is -2.07. The number of carbonyl (C=O) groups excluding carboxylic acids is 1. The van der Waals surface area contributed by atoms with Gasteiger partial charge in [-0.05, 0) is 12.5 Å². The van der Waals surface area contributed by atoms with Crippen molar-refractivity contribution in [1.29, 1.82) is 0 Å². The van der Waals surface area contributed by atoms with Gasteiger partial charge < -0.3 is 15.2 Å². The number of ether oxygens (including phenoxy) is 1. The minimum absolute atomic E-state index is 0.168. The minimum Gasteiger partial charge on any atom is -0.478 e. The molecule has 2 aliphatic rings. The molecule has 5 nitrogen and oxygen atoms in total. The lowest BCUT2D eigenvalue weighted by molar-refractivity contribution is -0.136. The first-order valence-electron chi connectivity index (χ1n) is 6.25. The molecule has 2 aliphatic heterocycles. The fourth-order valence-corrected chi connectivity index (χ4v) is 2.73. The van der Waals surface area contributed by atoms with Gasteiger partial charge in [0, 0.05) is 5.70 Å². The SMILES string of the molecule is CC1=C(C(=O)O)C(c2ccccc2)C2=C(COC2=O)N1. The van der Waals surface area contributed by atoms with Crippen molar-refractivity contribution in [2.45, 2.75) is 12.8 Å². The molecule has 1 aromatic rings. The zero-order valence-electron chi connectivity index (χ0n) is 10.8. The quantitative estimate of drug-likeness (QED) is 0.798. The van der Waals surface area contributed by atoms with Crippen molar-refractivity contribution in [3.05, 3.63) is 58.4 Å². The largest absolute Gasteiger partial charge is 0.478 e. The number of hydrogen-bond donors (Lipinski definition) is 2. The number of carboxylic acid groups (broad SMARTS) is 1. The second kappa shape index (κ2) is 4.52. The molecule has 1 atom stereocenters. The molecular weight excluding hydrogens is 258 g/mol. The molecule has 102 valence electrons. The van der Waals surface area contributed by atoms with Gasteiger partial charge >= 0.3 is 11.9 Å². The maximum Gasteiger partial charge on any atom is 0.337 e. The van der Waals surface area contributed by atoms with Crippen molar-refractivity contribution < 1.29 is 19.4 Å². The zero-order valence-corrected chi connectivity index (χ0v) is 10.8.